The van der Waals surface area contributed by atoms with Gasteiger partial charge in [-0.05, 0) is 24.3 Å². The van der Waals surface area contributed by atoms with E-state index in [0.717, 1.165) is 36.4 Å². The number of aliphatic imine (C=N–C) groups is 1. The minimum Gasteiger partial charge on any atom is -0.181 e. The molecule has 0 heterocycles. The van der Waals surface area contributed by atoms with Crippen LogP contribution in [-0.2, 0) is 12.4 Å². The summed E-state index contributed by atoms with van der Waals surface area (Å²) in [5, 5.41) is 12.4. The van der Waals surface area contributed by atoms with Crippen molar-refractivity contribution >= 4 is 11.4 Å². The molecule has 0 unspecified atom stereocenters. The standard InChI is InChI=1S/C18H6F6N4/c1-26-28-16-12-5-3-9(17(19,20)21)6-13(12)15(27-8-25)11-4-2-10(7-14(11)16)18(22,23)24/h2-7H. The van der Waals surface area contributed by atoms with Crippen molar-refractivity contribution in [2.75, 3.05) is 0 Å². The highest BCUT2D eigenvalue weighted by Gasteiger charge is 2.37. The average molecular weight is 392 g/mol. The topological polar surface area (TPSA) is 52.9 Å². The highest BCUT2D eigenvalue weighted by molar-refractivity contribution is 6.32. The van der Waals surface area contributed by atoms with Crippen LogP contribution in [0.4, 0.5) is 26.3 Å². The van der Waals surface area contributed by atoms with Gasteiger partial charge in [0.25, 0.3) is 0 Å². The van der Waals surface area contributed by atoms with E-state index in [9.17, 15) is 26.3 Å². The maximum absolute atomic E-state index is 13.1. The van der Waals surface area contributed by atoms with Crippen LogP contribution in [-0.4, -0.2) is 11.4 Å². The molecule has 0 amide bonds. The average Bonchev–Trinajstić information content (AvgIpc) is 2.62. The molecule has 10 heteroatoms. The third-order valence-electron chi connectivity index (χ3n) is 4.03. The van der Waals surface area contributed by atoms with Gasteiger partial charge in [-0.1, -0.05) is 12.1 Å². The van der Waals surface area contributed by atoms with Crippen LogP contribution in [0.3, 0.4) is 0 Å². The first-order chi connectivity index (χ1) is 13.1. The van der Waals surface area contributed by atoms with Crippen molar-refractivity contribution in [3.05, 3.63) is 81.3 Å². The number of fused-ring (bicyclic) bond motifs is 2. The van der Waals surface area contributed by atoms with Gasteiger partial charge in [-0.25, -0.2) is 0 Å². The smallest absolute Gasteiger partial charge is 0.181 e. The van der Waals surface area contributed by atoms with E-state index in [-0.39, 0.29) is 33.7 Å². The van der Waals surface area contributed by atoms with Crippen molar-refractivity contribution in [3.8, 4) is 6.19 Å². The summed E-state index contributed by atoms with van der Waals surface area (Å²) in [4.78, 5) is 6.34. The van der Waals surface area contributed by atoms with Gasteiger partial charge in [-0.3, -0.25) is 0 Å². The van der Waals surface area contributed by atoms with Gasteiger partial charge in [0.2, 0.25) is 6.19 Å². The maximum Gasteiger partial charge on any atom is 0.416 e. The molecule has 1 aliphatic rings. The summed E-state index contributed by atoms with van der Waals surface area (Å²) in [6, 6.07) is 4.90. The second-order valence-corrected chi connectivity index (χ2v) is 5.63. The third kappa shape index (κ3) is 3.21. The Bertz CT molecular complexity index is 1020. The van der Waals surface area contributed by atoms with Crippen LogP contribution >= 0.6 is 0 Å². The van der Waals surface area contributed by atoms with Gasteiger partial charge < -0.3 is 0 Å². The number of halogens is 6. The molecule has 28 heavy (non-hydrogen) atoms. The summed E-state index contributed by atoms with van der Waals surface area (Å²) in [5.41, 5.74) is -2.86. The van der Waals surface area contributed by atoms with Crippen molar-refractivity contribution < 1.29 is 26.3 Å². The predicted octanol–water partition coefficient (Wildman–Crippen LogP) is 5.03. The van der Waals surface area contributed by atoms with Crippen molar-refractivity contribution in [3.63, 3.8) is 0 Å². The molecule has 4 nitrogen and oxygen atoms in total. The van der Waals surface area contributed by atoms with Crippen molar-refractivity contribution in [2.45, 2.75) is 12.4 Å². The number of nitriles is 1. The molecule has 0 spiro atoms. The monoisotopic (exact) mass is 392 g/mol. The summed E-state index contributed by atoms with van der Waals surface area (Å²) in [6.07, 6.45) is -7.93. The van der Waals surface area contributed by atoms with Gasteiger partial charge in [-0.15, -0.1) is 4.95 Å². The van der Waals surface area contributed by atoms with Crippen molar-refractivity contribution in [1.29, 1.82) is 5.26 Å². The van der Waals surface area contributed by atoms with E-state index in [0.29, 0.717) is 0 Å². The summed E-state index contributed by atoms with van der Waals surface area (Å²) >= 11 is 0. The second kappa shape index (κ2) is 6.50. The van der Waals surface area contributed by atoms with Crippen LogP contribution in [0.25, 0.3) is 4.95 Å². The number of rotatable bonds is 0. The normalized spacial score (nSPS) is 16.3. The third-order valence-corrected chi connectivity index (χ3v) is 4.03. The van der Waals surface area contributed by atoms with Crippen LogP contribution in [0.2, 0.25) is 0 Å². The van der Waals surface area contributed by atoms with Gasteiger partial charge in [0.15, 0.2) is 5.71 Å². The van der Waals surface area contributed by atoms with E-state index < -0.39 is 23.5 Å². The number of nitrogens with zero attached hydrogens (tertiary/aromatic N) is 4. The SMILES string of the molecule is [C-]#[N+]N=C1c2ccc(C(F)(F)F)cc2C(=NC#N)c2ccc(C(F)(F)F)cc21. The lowest BCUT2D eigenvalue weighted by atomic mass is 9.81. The Morgan fingerprint density at radius 3 is 1.68 bits per heavy atom. The van der Waals surface area contributed by atoms with Gasteiger partial charge >= 0.3 is 12.4 Å². The zero-order chi connectivity index (χ0) is 20.7. The van der Waals surface area contributed by atoms with E-state index in [1.807, 2.05) is 0 Å². The predicted molar refractivity (Wildman–Crippen MR) is 86.4 cm³/mol. The molecule has 2 aromatic carbocycles. The van der Waals surface area contributed by atoms with E-state index in [1.165, 1.54) is 6.19 Å². The molecule has 0 radical (unpaired) electrons. The Morgan fingerprint density at radius 2 is 1.25 bits per heavy atom. The molecule has 3 rings (SSSR count). The van der Waals surface area contributed by atoms with Gasteiger partial charge in [0, 0.05) is 22.3 Å². The highest BCUT2D eigenvalue weighted by Crippen LogP contribution is 2.37. The Balaban J connectivity index is 2.38. The number of hydrogen-bond acceptors (Lipinski definition) is 3. The van der Waals surface area contributed by atoms with Crippen molar-refractivity contribution in [1.82, 2.24) is 0 Å². The van der Waals surface area contributed by atoms with Crippen LogP contribution in [0.5, 0.6) is 0 Å². The molecule has 0 bridgehead atoms. The molecule has 0 N–H and O–H groups in total. The minimum absolute atomic E-state index is 0.0233. The first-order valence-corrected chi connectivity index (χ1v) is 7.43. The first-order valence-electron chi connectivity index (χ1n) is 7.43. The highest BCUT2D eigenvalue weighted by atomic mass is 19.4. The van der Waals surface area contributed by atoms with Crippen LogP contribution in [0.1, 0.15) is 33.4 Å². The summed E-state index contributed by atoms with van der Waals surface area (Å²) in [5.74, 6) is 0. The van der Waals surface area contributed by atoms with Gasteiger partial charge in [-0.2, -0.15) is 43.2 Å². The Hall–Kier alpha value is -3.66. The van der Waals surface area contributed by atoms with E-state index in [2.05, 4.69) is 15.0 Å². The molecule has 2 aromatic rings. The fourth-order valence-electron chi connectivity index (χ4n) is 2.86. The quantitative estimate of drug-likeness (QED) is 0.229. The Kier molecular flexibility index (Phi) is 4.44. The van der Waals surface area contributed by atoms with E-state index in [1.54, 1.807) is 0 Å². The molecular weight excluding hydrogens is 386 g/mol. The Morgan fingerprint density at radius 1 is 0.786 bits per heavy atom. The first kappa shape index (κ1) is 19.1. The fourth-order valence-corrected chi connectivity index (χ4v) is 2.86. The lowest BCUT2D eigenvalue weighted by Crippen LogP contribution is -2.24. The summed E-state index contributed by atoms with van der Waals surface area (Å²) < 4.78 is 78.5. The number of hydrogen-bond donors (Lipinski definition) is 0. The molecule has 0 atom stereocenters. The molecule has 140 valence electrons. The summed E-state index contributed by atoms with van der Waals surface area (Å²) in [7, 11) is 0. The minimum atomic E-state index is -4.69. The lowest BCUT2D eigenvalue weighted by molar-refractivity contribution is -0.138. The number of alkyl halides is 6. The molecule has 0 fully saturated rings. The largest absolute Gasteiger partial charge is 0.416 e. The molecule has 0 saturated heterocycles. The molecule has 0 saturated carbocycles. The zero-order valence-electron chi connectivity index (χ0n) is 13.5. The van der Waals surface area contributed by atoms with Crippen LogP contribution in [0.15, 0.2) is 46.5 Å². The molecule has 1 aliphatic carbocycles. The van der Waals surface area contributed by atoms with E-state index >= 15 is 0 Å². The van der Waals surface area contributed by atoms with Crippen molar-refractivity contribution in [2.24, 2.45) is 10.1 Å². The van der Waals surface area contributed by atoms with Gasteiger partial charge in [0.05, 0.1) is 21.9 Å². The Labute approximate surface area is 153 Å². The number of benzene rings is 2. The molecular formula is C18H6F6N4. The zero-order valence-corrected chi connectivity index (χ0v) is 13.5. The molecule has 0 aromatic heterocycles. The molecule has 0 aliphatic heterocycles. The van der Waals surface area contributed by atoms with Crippen LogP contribution < -0.4 is 0 Å². The summed E-state index contributed by atoms with van der Waals surface area (Å²) in [6.45, 7) is 6.92. The van der Waals surface area contributed by atoms with Crippen LogP contribution in [0, 0.1) is 18.0 Å². The van der Waals surface area contributed by atoms with E-state index in [4.69, 9.17) is 11.8 Å². The lowest BCUT2D eigenvalue weighted by Gasteiger charge is -2.23. The van der Waals surface area contributed by atoms with Gasteiger partial charge in [0.1, 0.15) is 0 Å². The fraction of sp³-hybridized carbons (Fsp3) is 0.111. The maximum atomic E-state index is 13.1. The second-order valence-electron chi connectivity index (χ2n) is 5.63.